The zero-order valence-corrected chi connectivity index (χ0v) is 19.2. The predicted molar refractivity (Wildman–Crippen MR) is 127 cm³/mol. The van der Waals surface area contributed by atoms with Gasteiger partial charge in [-0.25, -0.2) is 0 Å². The van der Waals surface area contributed by atoms with Crippen LogP contribution in [0.4, 0.5) is 0 Å². The van der Waals surface area contributed by atoms with Gasteiger partial charge in [0.1, 0.15) is 17.6 Å². The molecule has 0 aliphatic carbocycles. The van der Waals surface area contributed by atoms with Gasteiger partial charge in [-0.05, 0) is 49.9 Å². The van der Waals surface area contributed by atoms with Gasteiger partial charge in [0.05, 0.1) is 6.04 Å². The number of para-hydroxylation sites is 1. The van der Waals surface area contributed by atoms with Crippen LogP contribution in [-0.4, -0.2) is 39.6 Å². The Bertz CT molecular complexity index is 970. The van der Waals surface area contributed by atoms with E-state index in [2.05, 4.69) is 0 Å². The quantitative estimate of drug-likeness (QED) is 0.333. The van der Waals surface area contributed by atoms with Crippen molar-refractivity contribution in [1.82, 2.24) is 4.90 Å². The van der Waals surface area contributed by atoms with Crippen LogP contribution in [0.15, 0.2) is 60.7 Å². The summed E-state index contributed by atoms with van der Waals surface area (Å²) < 4.78 is 6.03. The van der Waals surface area contributed by atoms with Gasteiger partial charge in [0.2, 0.25) is 5.91 Å². The van der Waals surface area contributed by atoms with E-state index in [1.165, 1.54) is 0 Å². The van der Waals surface area contributed by atoms with Gasteiger partial charge in [0, 0.05) is 24.9 Å². The predicted octanol–water partition coefficient (Wildman–Crippen LogP) is 5.40. The van der Waals surface area contributed by atoms with E-state index in [9.17, 15) is 14.7 Å². The van der Waals surface area contributed by atoms with E-state index < -0.39 is 12.1 Å². The Morgan fingerprint density at radius 1 is 1.15 bits per heavy atom. The monoisotopic (exact) mass is 451 g/mol. The second-order valence-corrected chi connectivity index (χ2v) is 8.54. The highest BCUT2D eigenvalue weighted by atomic mass is 16.5. The number of ether oxygens (including phenoxy) is 1. The van der Waals surface area contributed by atoms with Gasteiger partial charge in [0.15, 0.2) is 0 Å². The first-order valence-corrected chi connectivity index (χ1v) is 11.6. The molecule has 1 heterocycles. The van der Waals surface area contributed by atoms with Crippen molar-refractivity contribution in [2.75, 3.05) is 6.54 Å². The lowest BCUT2D eigenvalue weighted by Gasteiger charge is -2.23. The molecule has 33 heavy (non-hydrogen) atoms. The molecule has 1 aliphatic heterocycles. The first-order chi connectivity index (χ1) is 15.9. The molecule has 0 aromatic heterocycles. The lowest BCUT2D eigenvalue weighted by atomic mass is 10.1. The number of aliphatic hydroxyl groups is 1. The van der Waals surface area contributed by atoms with Crippen molar-refractivity contribution in [3.05, 3.63) is 71.8 Å². The topological polar surface area (TPSA) is 87.1 Å². The Hall–Kier alpha value is -3.12. The van der Waals surface area contributed by atoms with Gasteiger partial charge in [-0.1, -0.05) is 55.3 Å². The standard InChI is InChI=1S/C27H33NO5/c1-20-9-8-10-22(19-20)33-25-12-6-5-11-23(25)24(29)16-14-21-15-17-26(30)28(21)18-7-3-2-4-13-27(31)32/h5-6,8-12,14,16,19,21,24,29H,2-4,7,13,15,17-18H2,1H3,(H,31,32)/b16-14+/t21?,24-/m1/s1. The third kappa shape index (κ3) is 7.46. The summed E-state index contributed by atoms with van der Waals surface area (Å²) in [4.78, 5) is 24.8. The summed E-state index contributed by atoms with van der Waals surface area (Å²) in [5, 5.41) is 19.6. The fourth-order valence-electron chi connectivity index (χ4n) is 4.12. The third-order valence-electron chi connectivity index (χ3n) is 5.88. The molecule has 0 bridgehead atoms. The van der Waals surface area contributed by atoms with E-state index >= 15 is 0 Å². The number of carboxylic acids is 1. The molecule has 6 nitrogen and oxygen atoms in total. The van der Waals surface area contributed by atoms with E-state index in [0.29, 0.717) is 30.7 Å². The summed E-state index contributed by atoms with van der Waals surface area (Å²) >= 11 is 0. The van der Waals surface area contributed by atoms with Gasteiger partial charge < -0.3 is 19.8 Å². The maximum absolute atomic E-state index is 12.3. The number of amides is 1. The number of hydrogen-bond acceptors (Lipinski definition) is 4. The number of likely N-dealkylation sites (tertiary alicyclic amines) is 1. The highest BCUT2D eigenvalue weighted by molar-refractivity contribution is 5.79. The minimum absolute atomic E-state index is 0.0315. The number of unbranched alkanes of at least 4 members (excludes halogenated alkanes) is 3. The SMILES string of the molecule is Cc1cccc(Oc2ccccc2[C@H](O)/C=C/C2CCC(=O)N2CCCCCCC(=O)O)c1. The number of aryl methyl sites for hydroxylation is 1. The van der Waals surface area contributed by atoms with E-state index in [-0.39, 0.29) is 18.4 Å². The molecule has 2 N–H and O–H groups in total. The van der Waals surface area contributed by atoms with Crippen LogP contribution in [0.1, 0.15) is 62.2 Å². The molecule has 2 atom stereocenters. The van der Waals surface area contributed by atoms with Crippen LogP contribution >= 0.6 is 0 Å². The molecule has 1 unspecified atom stereocenters. The number of benzene rings is 2. The van der Waals surface area contributed by atoms with Gasteiger partial charge in [0.25, 0.3) is 0 Å². The molecular weight excluding hydrogens is 418 g/mol. The van der Waals surface area contributed by atoms with E-state index in [0.717, 1.165) is 37.0 Å². The molecule has 1 saturated heterocycles. The van der Waals surface area contributed by atoms with Crippen LogP contribution in [0.2, 0.25) is 0 Å². The average molecular weight is 452 g/mol. The normalized spacial score (nSPS) is 17.0. The van der Waals surface area contributed by atoms with Crippen LogP contribution in [0.3, 0.4) is 0 Å². The molecule has 3 rings (SSSR count). The van der Waals surface area contributed by atoms with Crippen molar-refractivity contribution >= 4 is 11.9 Å². The summed E-state index contributed by atoms with van der Waals surface area (Å²) in [7, 11) is 0. The van der Waals surface area contributed by atoms with Crippen LogP contribution in [0, 0.1) is 6.92 Å². The van der Waals surface area contributed by atoms with Crippen molar-refractivity contribution in [2.45, 2.75) is 64.0 Å². The molecule has 176 valence electrons. The average Bonchev–Trinajstić information content (AvgIpc) is 3.14. The van der Waals surface area contributed by atoms with Crippen LogP contribution in [-0.2, 0) is 9.59 Å². The molecule has 1 fully saturated rings. The number of hydrogen-bond donors (Lipinski definition) is 2. The molecule has 2 aromatic rings. The molecule has 2 aromatic carbocycles. The first-order valence-electron chi connectivity index (χ1n) is 11.6. The number of nitrogens with zero attached hydrogens (tertiary/aromatic N) is 1. The molecule has 0 saturated carbocycles. The number of aliphatic carboxylic acids is 1. The molecule has 0 spiro atoms. The minimum Gasteiger partial charge on any atom is -0.481 e. The van der Waals surface area contributed by atoms with Gasteiger partial charge >= 0.3 is 5.97 Å². The second kappa shape index (κ2) is 12.2. The Morgan fingerprint density at radius 3 is 2.73 bits per heavy atom. The van der Waals surface area contributed by atoms with E-state index in [1.807, 2.05) is 66.4 Å². The van der Waals surface area contributed by atoms with Crippen molar-refractivity contribution in [3.63, 3.8) is 0 Å². The molecule has 6 heteroatoms. The van der Waals surface area contributed by atoms with E-state index in [1.54, 1.807) is 6.08 Å². The van der Waals surface area contributed by atoms with Gasteiger partial charge in [-0.3, -0.25) is 9.59 Å². The summed E-state index contributed by atoms with van der Waals surface area (Å²) in [6.07, 6.45) is 7.53. The van der Waals surface area contributed by atoms with Crippen LogP contribution in [0.25, 0.3) is 0 Å². The Kier molecular flexibility index (Phi) is 9.07. The van der Waals surface area contributed by atoms with Crippen molar-refractivity contribution in [3.8, 4) is 11.5 Å². The molecule has 0 radical (unpaired) electrons. The number of carbonyl (C=O) groups excluding carboxylic acids is 1. The highest BCUT2D eigenvalue weighted by Gasteiger charge is 2.28. The number of carbonyl (C=O) groups is 2. The zero-order valence-electron chi connectivity index (χ0n) is 19.2. The summed E-state index contributed by atoms with van der Waals surface area (Å²) in [6, 6.07) is 15.2. The third-order valence-corrected chi connectivity index (χ3v) is 5.88. The summed E-state index contributed by atoms with van der Waals surface area (Å²) in [5.41, 5.74) is 1.77. The van der Waals surface area contributed by atoms with Crippen molar-refractivity contribution in [2.24, 2.45) is 0 Å². The maximum atomic E-state index is 12.3. The van der Waals surface area contributed by atoms with Crippen LogP contribution in [0.5, 0.6) is 11.5 Å². The smallest absolute Gasteiger partial charge is 0.303 e. The van der Waals surface area contributed by atoms with Crippen LogP contribution < -0.4 is 4.74 Å². The van der Waals surface area contributed by atoms with Crippen molar-refractivity contribution < 1.29 is 24.5 Å². The fraction of sp³-hybridized carbons (Fsp3) is 0.407. The Labute approximate surface area is 195 Å². The first kappa shape index (κ1) is 24.5. The number of carboxylic acid groups (broad SMARTS) is 1. The van der Waals surface area contributed by atoms with Crippen molar-refractivity contribution in [1.29, 1.82) is 0 Å². The molecular formula is C27H33NO5. The lowest BCUT2D eigenvalue weighted by molar-refractivity contribution is -0.137. The lowest BCUT2D eigenvalue weighted by Crippen LogP contribution is -2.32. The highest BCUT2D eigenvalue weighted by Crippen LogP contribution is 2.31. The fourth-order valence-corrected chi connectivity index (χ4v) is 4.12. The second-order valence-electron chi connectivity index (χ2n) is 8.54. The largest absolute Gasteiger partial charge is 0.481 e. The minimum atomic E-state index is -0.848. The number of aliphatic hydroxyl groups excluding tert-OH is 1. The Morgan fingerprint density at radius 2 is 1.94 bits per heavy atom. The zero-order chi connectivity index (χ0) is 23.6. The summed E-state index contributed by atoms with van der Waals surface area (Å²) in [6.45, 7) is 2.66. The summed E-state index contributed by atoms with van der Waals surface area (Å²) in [5.74, 6) is 0.683. The maximum Gasteiger partial charge on any atom is 0.303 e. The molecule has 1 aliphatic rings. The molecule has 1 amide bonds. The Balaban J connectivity index is 1.58. The van der Waals surface area contributed by atoms with Gasteiger partial charge in [-0.2, -0.15) is 0 Å². The van der Waals surface area contributed by atoms with Gasteiger partial charge in [-0.15, -0.1) is 0 Å². The van der Waals surface area contributed by atoms with E-state index in [4.69, 9.17) is 9.84 Å². The number of rotatable bonds is 12.